The van der Waals surface area contributed by atoms with Crippen molar-refractivity contribution < 1.29 is 4.79 Å². The summed E-state index contributed by atoms with van der Waals surface area (Å²) in [4.78, 5) is 21.4. The molecule has 1 aromatic carbocycles. The molecule has 24 heavy (non-hydrogen) atoms. The highest BCUT2D eigenvalue weighted by Crippen LogP contribution is 2.32. The minimum atomic E-state index is -0.243. The van der Waals surface area contributed by atoms with Crippen LogP contribution < -0.4 is 0 Å². The van der Waals surface area contributed by atoms with Crippen LogP contribution in [0.25, 0.3) is 0 Å². The van der Waals surface area contributed by atoms with Gasteiger partial charge in [0.15, 0.2) is 0 Å². The molecule has 1 aliphatic rings. The molecular weight excluding hydrogens is 298 g/mol. The van der Waals surface area contributed by atoms with Crippen LogP contribution in [0.4, 0.5) is 0 Å². The summed E-state index contributed by atoms with van der Waals surface area (Å²) in [5.74, 6) is 0.183. The van der Waals surface area contributed by atoms with Crippen LogP contribution in [-0.2, 0) is 11.3 Å². The summed E-state index contributed by atoms with van der Waals surface area (Å²) in [6, 6.07) is 12.4. The summed E-state index contributed by atoms with van der Waals surface area (Å²) in [5.41, 5.74) is 3.39. The molecule has 1 heterocycles. The van der Waals surface area contributed by atoms with E-state index < -0.39 is 0 Å². The first-order chi connectivity index (χ1) is 11.6. The van der Waals surface area contributed by atoms with Gasteiger partial charge in [-0.3, -0.25) is 14.7 Å². The van der Waals surface area contributed by atoms with E-state index in [-0.39, 0.29) is 11.9 Å². The summed E-state index contributed by atoms with van der Waals surface area (Å²) in [6.07, 6.45) is 5.78. The molecule has 2 aromatic rings. The Kier molecular flexibility index (Phi) is 4.95. The average Bonchev–Trinajstić information content (AvgIpc) is 3.40. The van der Waals surface area contributed by atoms with Crippen molar-refractivity contribution >= 4 is 5.91 Å². The lowest BCUT2D eigenvalue weighted by Crippen LogP contribution is -2.41. The molecule has 1 amide bonds. The Morgan fingerprint density at radius 3 is 2.29 bits per heavy atom. The minimum Gasteiger partial charge on any atom is -0.334 e. The fraction of sp³-hybridized carbons (Fsp3) is 0.400. The largest absolute Gasteiger partial charge is 0.334 e. The van der Waals surface area contributed by atoms with Crippen LogP contribution in [0.5, 0.6) is 0 Å². The fourth-order valence-electron chi connectivity index (χ4n) is 3.03. The van der Waals surface area contributed by atoms with Crippen molar-refractivity contribution in [2.24, 2.45) is 0 Å². The average molecular weight is 323 g/mol. The quantitative estimate of drug-likeness (QED) is 0.819. The molecule has 4 nitrogen and oxygen atoms in total. The molecule has 0 radical (unpaired) electrons. The van der Waals surface area contributed by atoms with Gasteiger partial charge in [0.25, 0.3) is 0 Å². The lowest BCUT2D eigenvalue weighted by Gasteiger charge is -2.31. The molecule has 1 fully saturated rings. The zero-order chi connectivity index (χ0) is 17.1. The molecule has 0 N–H and O–H groups in total. The summed E-state index contributed by atoms with van der Waals surface area (Å²) in [5, 5.41) is 0. The topological polar surface area (TPSA) is 36.4 Å². The number of aromatic nitrogens is 1. The summed E-state index contributed by atoms with van der Waals surface area (Å²) in [6.45, 7) is 2.72. The number of likely N-dealkylation sites (N-methyl/N-ethyl adjacent to an activating group) is 1. The van der Waals surface area contributed by atoms with E-state index in [0.29, 0.717) is 12.6 Å². The molecule has 4 heteroatoms. The molecule has 1 atom stereocenters. The smallest absolute Gasteiger partial charge is 0.245 e. The van der Waals surface area contributed by atoms with Gasteiger partial charge in [0, 0.05) is 25.0 Å². The van der Waals surface area contributed by atoms with Crippen molar-refractivity contribution in [3.63, 3.8) is 0 Å². The second kappa shape index (κ2) is 7.14. The number of nitrogens with zero attached hydrogens (tertiary/aromatic N) is 3. The standard InChI is InChI=1S/C20H25N3O/c1-15-4-6-17(7-5-15)19(22(2)3)20(24)23(18-8-9-18)14-16-10-12-21-13-11-16/h4-7,10-13,18-19H,8-9,14H2,1-3H3/t19-/m0/s1. The van der Waals surface area contributed by atoms with Crippen LogP contribution in [0.3, 0.4) is 0 Å². The van der Waals surface area contributed by atoms with E-state index in [0.717, 1.165) is 24.0 Å². The first-order valence-corrected chi connectivity index (χ1v) is 8.48. The molecule has 0 aliphatic heterocycles. The fourth-order valence-corrected chi connectivity index (χ4v) is 3.03. The van der Waals surface area contributed by atoms with Crippen molar-refractivity contribution in [1.82, 2.24) is 14.8 Å². The first-order valence-electron chi connectivity index (χ1n) is 8.48. The Balaban J connectivity index is 1.85. The van der Waals surface area contributed by atoms with E-state index >= 15 is 0 Å². The van der Waals surface area contributed by atoms with Crippen LogP contribution in [0.2, 0.25) is 0 Å². The molecular formula is C20H25N3O. The molecule has 3 rings (SSSR count). The number of hydrogen-bond donors (Lipinski definition) is 0. The van der Waals surface area contributed by atoms with E-state index in [2.05, 4.69) is 36.2 Å². The third-order valence-corrected chi connectivity index (χ3v) is 4.52. The SMILES string of the molecule is Cc1ccc([C@@H](C(=O)N(Cc2ccncc2)C2CC2)N(C)C)cc1. The van der Waals surface area contributed by atoms with Crippen LogP contribution in [0, 0.1) is 6.92 Å². The van der Waals surface area contributed by atoms with Gasteiger partial charge in [-0.15, -0.1) is 0 Å². The molecule has 0 unspecified atom stereocenters. The second-order valence-electron chi connectivity index (χ2n) is 6.83. The predicted octanol–water partition coefficient (Wildman–Crippen LogP) is 3.18. The van der Waals surface area contributed by atoms with Gasteiger partial charge < -0.3 is 4.90 Å². The molecule has 0 bridgehead atoms. The predicted molar refractivity (Wildman–Crippen MR) is 95.4 cm³/mol. The number of pyridine rings is 1. The number of aryl methyl sites for hydroxylation is 1. The highest BCUT2D eigenvalue weighted by atomic mass is 16.2. The van der Waals surface area contributed by atoms with E-state index in [1.807, 2.05) is 36.0 Å². The van der Waals surface area contributed by atoms with Crippen LogP contribution in [0.1, 0.15) is 35.6 Å². The molecule has 126 valence electrons. The highest BCUT2D eigenvalue weighted by Gasteiger charge is 2.37. The van der Waals surface area contributed by atoms with Gasteiger partial charge in [-0.2, -0.15) is 0 Å². The maximum atomic E-state index is 13.3. The van der Waals surface area contributed by atoms with Crippen molar-refractivity contribution in [2.45, 2.75) is 38.4 Å². The first kappa shape index (κ1) is 16.7. The number of carbonyl (C=O) groups excluding carboxylic acids is 1. The second-order valence-corrected chi connectivity index (χ2v) is 6.83. The molecule has 1 aliphatic carbocycles. The minimum absolute atomic E-state index is 0.183. The summed E-state index contributed by atoms with van der Waals surface area (Å²) in [7, 11) is 3.94. The number of rotatable bonds is 6. The number of benzene rings is 1. The van der Waals surface area contributed by atoms with Crippen molar-refractivity contribution in [1.29, 1.82) is 0 Å². The summed E-state index contributed by atoms with van der Waals surface area (Å²) < 4.78 is 0. The van der Waals surface area contributed by atoms with Crippen LogP contribution in [-0.4, -0.2) is 40.8 Å². The molecule has 1 aromatic heterocycles. The lowest BCUT2D eigenvalue weighted by atomic mass is 10.0. The van der Waals surface area contributed by atoms with Crippen molar-refractivity contribution in [3.8, 4) is 0 Å². The van der Waals surface area contributed by atoms with Gasteiger partial charge >= 0.3 is 0 Å². The molecule has 1 saturated carbocycles. The Morgan fingerprint density at radius 2 is 1.75 bits per heavy atom. The number of hydrogen-bond acceptors (Lipinski definition) is 3. The molecule has 0 saturated heterocycles. The van der Waals surface area contributed by atoms with E-state index in [1.54, 1.807) is 12.4 Å². The zero-order valence-electron chi connectivity index (χ0n) is 14.6. The Bertz CT molecular complexity index is 678. The zero-order valence-corrected chi connectivity index (χ0v) is 14.6. The normalized spacial score (nSPS) is 15.3. The maximum absolute atomic E-state index is 13.3. The lowest BCUT2D eigenvalue weighted by molar-refractivity contribution is -0.137. The van der Waals surface area contributed by atoms with Gasteiger partial charge in [0.05, 0.1) is 0 Å². The monoisotopic (exact) mass is 323 g/mol. The third-order valence-electron chi connectivity index (χ3n) is 4.52. The van der Waals surface area contributed by atoms with E-state index in [1.165, 1.54) is 5.56 Å². The highest BCUT2D eigenvalue weighted by molar-refractivity contribution is 5.84. The number of carbonyl (C=O) groups is 1. The van der Waals surface area contributed by atoms with E-state index in [4.69, 9.17) is 0 Å². The van der Waals surface area contributed by atoms with Gasteiger partial charge in [0.1, 0.15) is 6.04 Å². The van der Waals surface area contributed by atoms with Gasteiger partial charge in [-0.1, -0.05) is 29.8 Å². The Morgan fingerprint density at radius 1 is 1.12 bits per heavy atom. The summed E-state index contributed by atoms with van der Waals surface area (Å²) >= 11 is 0. The van der Waals surface area contributed by atoms with Gasteiger partial charge in [-0.25, -0.2) is 0 Å². The Labute approximate surface area is 144 Å². The van der Waals surface area contributed by atoms with Gasteiger partial charge in [0.2, 0.25) is 5.91 Å². The van der Waals surface area contributed by atoms with Crippen molar-refractivity contribution in [2.75, 3.05) is 14.1 Å². The van der Waals surface area contributed by atoms with E-state index in [9.17, 15) is 4.79 Å². The van der Waals surface area contributed by atoms with Crippen molar-refractivity contribution in [3.05, 3.63) is 65.5 Å². The molecule has 0 spiro atoms. The number of amides is 1. The Hall–Kier alpha value is -2.20. The maximum Gasteiger partial charge on any atom is 0.245 e. The van der Waals surface area contributed by atoms with Crippen LogP contribution in [0.15, 0.2) is 48.8 Å². The third kappa shape index (κ3) is 3.82. The van der Waals surface area contributed by atoms with Gasteiger partial charge in [-0.05, 0) is 57.1 Å². The van der Waals surface area contributed by atoms with Crippen LogP contribution >= 0.6 is 0 Å².